The van der Waals surface area contributed by atoms with Crippen molar-refractivity contribution in [2.75, 3.05) is 19.9 Å². The molecule has 1 unspecified atom stereocenters. The summed E-state index contributed by atoms with van der Waals surface area (Å²) in [5.41, 5.74) is 0.900. The molecule has 0 aromatic heterocycles. The third-order valence-electron chi connectivity index (χ3n) is 3.16. The highest BCUT2D eigenvalue weighted by Gasteiger charge is 2.12. The van der Waals surface area contributed by atoms with E-state index in [0.29, 0.717) is 0 Å². The van der Waals surface area contributed by atoms with E-state index in [1.165, 1.54) is 13.2 Å². The van der Waals surface area contributed by atoms with E-state index in [4.69, 9.17) is 16.3 Å². The van der Waals surface area contributed by atoms with Gasteiger partial charge in [0.05, 0.1) is 7.11 Å². The molecular formula is C16H17ClFNOS. The third-order valence-corrected chi connectivity index (χ3v) is 4.51. The molecule has 2 nitrogen and oxygen atoms in total. The van der Waals surface area contributed by atoms with Crippen LogP contribution in [0, 0.1) is 5.82 Å². The van der Waals surface area contributed by atoms with Crippen LogP contribution in [0.1, 0.15) is 11.6 Å². The van der Waals surface area contributed by atoms with Gasteiger partial charge >= 0.3 is 0 Å². The number of ether oxygens (including phenoxy) is 1. The second-order valence-electron chi connectivity index (χ2n) is 4.50. The van der Waals surface area contributed by atoms with Gasteiger partial charge in [0.2, 0.25) is 0 Å². The Morgan fingerprint density at radius 2 is 1.95 bits per heavy atom. The van der Waals surface area contributed by atoms with Crippen LogP contribution in [-0.2, 0) is 0 Å². The number of thioether (sulfide) groups is 1. The highest BCUT2D eigenvalue weighted by molar-refractivity contribution is 7.99. The van der Waals surface area contributed by atoms with Crippen molar-refractivity contribution < 1.29 is 9.13 Å². The Bertz CT molecular complexity index is 591. The highest BCUT2D eigenvalue weighted by atomic mass is 35.5. The maximum absolute atomic E-state index is 13.8. The van der Waals surface area contributed by atoms with Gasteiger partial charge in [0, 0.05) is 21.7 Å². The van der Waals surface area contributed by atoms with Gasteiger partial charge in [-0.25, -0.2) is 4.39 Å². The molecule has 0 bridgehead atoms. The largest absolute Gasteiger partial charge is 0.494 e. The summed E-state index contributed by atoms with van der Waals surface area (Å²) >= 11 is 7.57. The minimum Gasteiger partial charge on any atom is -0.494 e. The molecule has 1 atom stereocenters. The number of nitrogens with one attached hydrogen (secondary N) is 1. The van der Waals surface area contributed by atoms with E-state index in [0.717, 1.165) is 21.2 Å². The molecule has 2 aromatic carbocycles. The summed E-state index contributed by atoms with van der Waals surface area (Å²) < 4.78 is 18.7. The molecule has 2 aromatic rings. The number of benzene rings is 2. The molecule has 0 saturated heterocycles. The average molecular weight is 326 g/mol. The van der Waals surface area contributed by atoms with Gasteiger partial charge in [-0.2, -0.15) is 0 Å². The Hall–Kier alpha value is -1.23. The fourth-order valence-electron chi connectivity index (χ4n) is 1.96. The smallest absolute Gasteiger partial charge is 0.165 e. The lowest BCUT2D eigenvalue weighted by Crippen LogP contribution is -2.18. The van der Waals surface area contributed by atoms with Gasteiger partial charge in [0.25, 0.3) is 0 Å². The van der Waals surface area contributed by atoms with Gasteiger partial charge in [-0.3, -0.25) is 0 Å². The zero-order valence-electron chi connectivity index (χ0n) is 11.9. The second-order valence-corrected chi connectivity index (χ2v) is 6.03. The molecule has 21 heavy (non-hydrogen) atoms. The van der Waals surface area contributed by atoms with E-state index in [-0.39, 0.29) is 17.6 Å². The van der Waals surface area contributed by atoms with E-state index in [2.05, 4.69) is 5.32 Å². The minimum atomic E-state index is -0.341. The molecule has 0 spiro atoms. The molecular weight excluding hydrogens is 309 g/mol. The lowest BCUT2D eigenvalue weighted by atomic mass is 10.1. The van der Waals surface area contributed by atoms with Crippen LogP contribution >= 0.6 is 23.4 Å². The van der Waals surface area contributed by atoms with Gasteiger partial charge in [0.1, 0.15) is 0 Å². The fraction of sp³-hybridized carbons (Fsp3) is 0.250. The van der Waals surface area contributed by atoms with Crippen molar-refractivity contribution in [3.8, 4) is 5.75 Å². The number of halogens is 2. The van der Waals surface area contributed by atoms with Crippen molar-refractivity contribution in [1.82, 2.24) is 5.32 Å². The number of hydrogen-bond acceptors (Lipinski definition) is 3. The van der Waals surface area contributed by atoms with Gasteiger partial charge < -0.3 is 10.1 Å². The van der Waals surface area contributed by atoms with Crippen LogP contribution in [0.4, 0.5) is 4.39 Å². The summed E-state index contributed by atoms with van der Waals surface area (Å²) in [6.45, 7) is 0. The van der Waals surface area contributed by atoms with E-state index < -0.39 is 0 Å². The standard InChI is InChI=1S/C16H17ClFNOS/c1-19-15(10-21-13-6-4-12(17)5-7-13)11-3-8-16(20-2)14(18)9-11/h3-9,15,19H,10H2,1-2H3. The minimum absolute atomic E-state index is 0.0612. The first-order valence-electron chi connectivity index (χ1n) is 6.53. The average Bonchev–Trinajstić information content (AvgIpc) is 2.50. The first kappa shape index (κ1) is 16.1. The van der Waals surface area contributed by atoms with Crippen molar-refractivity contribution >= 4 is 23.4 Å². The monoisotopic (exact) mass is 325 g/mol. The summed E-state index contributed by atoms with van der Waals surface area (Å²) in [5, 5.41) is 3.93. The Labute approximate surface area is 133 Å². The number of hydrogen-bond donors (Lipinski definition) is 1. The molecule has 0 fully saturated rings. The van der Waals surface area contributed by atoms with Crippen molar-refractivity contribution in [1.29, 1.82) is 0 Å². The predicted molar refractivity (Wildman–Crippen MR) is 86.9 cm³/mol. The van der Waals surface area contributed by atoms with Crippen LogP contribution in [-0.4, -0.2) is 19.9 Å². The Morgan fingerprint density at radius 3 is 2.52 bits per heavy atom. The van der Waals surface area contributed by atoms with Gasteiger partial charge in [-0.05, 0) is 49.0 Å². The SMILES string of the molecule is CNC(CSc1ccc(Cl)cc1)c1ccc(OC)c(F)c1. The van der Waals surface area contributed by atoms with Crippen LogP contribution in [0.3, 0.4) is 0 Å². The zero-order valence-corrected chi connectivity index (χ0v) is 13.5. The predicted octanol–water partition coefficient (Wildman–Crippen LogP) is 4.54. The van der Waals surface area contributed by atoms with E-state index in [1.807, 2.05) is 37.4 Å². The third kappa shape index (κ3) is 4.37. The van der Waals surface area contributed by atoms with Crippen molar-refractivity contribution in [3.63, 3.8) is 0 Å². The summed E-state index contributed by atoms with van der Waals surface area (Å²) in [6, 6.07) is 12.8. The second kappa shape index (κ2) is 7.69. The Balaban J connectivity index is 2.05. The summed E-state index contributed by atoms with van der Waals surface area (Å²) in [6.07, 6.45) is 0. The zero-order chi connectivity index (χ0) is 15.2. The summed E-state index contributed by atoms with van der Waals surface area (Å²) in [5.74, 6) is 0.717. The summed E-state index contributed by atoms with van der Waals surface area (Å²) in [4.78, 5) is 1.13. The maximum atomic E-state index is 13.8. The molecule has 0 aliphatic heterocycles. The summed E-state index contributed by atoms with van der Waals surface area (Å²) in [7, 11) is 3.33. The molecule has 0 heterocycles. The van der Waals surface area contributed by atoms with Crippen molar-refractivity contribution in [2.24, 2.45) is 0 Å². The molecule has 0 saturated carbocycles. The fourth-order valence-corrected chi connectivity index (χ4v) is 3.13. The maximum Gasteiger partial charge on any atom is 0.165 e. The normalized spacial score (nSPS) is 12.2. The van der Waals surface area contributed by atoms with Crippen LogP contribution < -0.4 is 10.1 Å². The first-order valence-corrected chi connectivity index (χ1v) is 7.89. The highest BCUT2D eigenvalue weighted by Crippen LogP contribution is 2.27. The van der Waals surface area contributed by atoms with Crippen LogP contribution in [0.5, 0.6) is 5.75 Å². The molecule has 1 N–H and O–H groups in total. The Kier molecular flexibility index (Phi) is 5.91. The van der Waals surface area contributed by atoms with Crippen LogP contribution in [0.25, 0.3) is 0 Å². The van der Waals surface area contributed by atoms with Crippen molar-refractivity contribution in [2.45, 2.75) is 10.9 Å². The molecule has 0 radical (unpaired) electrons. The van der Waals surface area contributed by atoms with Crippen molar-refractivity contribution in [3.05, 3.63) is 58.9 Å². The quantitative estimate of drug-likeness (QED) is 0.788. The van der Waals surface area contributed by atoms with Crippen LogP contribution in [0.15, 0.2) is 47.4 Å². The number of methoxy groups -OCH3 is 1. The van der Waals surface area contributed by atoms with Gasteiger partial charge in [-0.15, -0.1) is 11.8 Å². The molecule has 0 amide bonds. The lowest BCUT2D eigenvalue weighted by Gasteiger charge is -2.17. The van der Waals surface area contributed by atoms with E-state index in [9.17, 15) is 4.39 Å². The molecule has 112 valence electrons. The van der Waals surface area contributed by atoms with Crippen LogP contribution in [0.2, 0.25) is 5.02 Å². The molecule has 0 aliphatic carbocycles. The van der Waals surface area contributed by atoms with E-state index in [1.54, 1.807) is 17.8 Å². The molecule has 0 aliphatic rings. The van der Waals surface area contributed by atoms with E-state index >= 15 is 0 Å². The van der Waals surface area contributed by atoms with Gasteiger partial charge in [0.15, 0.2) is 11.6 Å². The van der Waals surface area contributed by atoms with Gasteiger partial charge in [-0.1, -0.05) is 17.7 Å². The molecule has 2 rings (SSSR count). The molecule has 5 heteroatoms. The lowest BCUT2D eigenvalue weighted by molar-refractivity contribution is 0.385. The Morgan fingerprint density at radius 1 is 1.24 bits per heavy atom. The topological polar surface area (TPSA) is 21.3 Å². The first-order chi connectivity index (χ1) is 10.1. The number of rotatable bonds is 6.